The zero-order valence-electron chi connectivity index (χ0n) is 19.7. The van der Waals surface area contributed by atoms with Crippen LogP contribution in [0.1, 0.15) is 54.2 Å². The highest BCUT2D eigenvalue weighted by molar-refractivity contribution is 5.92. The summed E-state index contributed by atoms with van der Waals surface area (Å²) in [5.41, 5.74) is 2.71. The van der Waals surface area contributed by atoms with Crippen molar-refractivity contribution in [2.75, 3.05) is 26.8 Å². The molecule has 1 amide bonds. The van der Waals surface area contributed by atoms with Gasteiger partial charge in [-0.15, -0.1) is 0 Å². The van der Waals surface area contributed by atoms with Crippen molar-refractivity contribution in [3.8, 4) is 17.1 Å². The van der Waals surface area contributed by atoms with Crippen LogP contribution in [0.3, 0.4) is 0 Å². The maximum atomic E-state index is 13.2. The van der Waals surface area contributed by atoms with E-state index >= 15 is 0 Å². The summed E-state index contributed by atoms with van der Waals surface area (Å²) in [7, 11) is 1.64. The van der Waals surface area contributed by atoms with E-state index in [4.69, 9.17) is 18.9 Å². The van der Waals surface area contributed by atoms with E-state index < -0.39 is 0 Å². The Labute approximate surface area is 203 Å². The molecule has 1 atom stereocenters. The van der Waals surface area contributed by atoms with Gasteiger partial charge in [0.25, 0.3) is 5.91 Å². The van der Waals surface area contributed by atoms with E-state index in [0.29, 0.717) is 24.6 Å². The molecule has 6 rings (SSSR count). The standard InChI is InChI=1S/C27H28N4O4/c1-33-20-8-6-18(7-9-20)22-10-11-24(35-22)27(32)30-15-12-19(13-16-30)31-25-21(4-2-14-28-25)29-26(31)23-5-3-17-34-23/h2,4,6-11,14,19,23H,3,5,12-13,15-17H2,1H3. The second kappa shape index (κ2) is 9.19. The molecule has 1 unspecified atom stereocenters. The van der Waals surface area contributed by atoms with Gasteiger partial charge in [0.15, 0.2) is 11.4 Å². The van der Waals surface area contributed by atoms with E-state index in [1.165, 1.54) is 0 Å². The first-order chi connectivity index (χ1) is 17.2. The third-order valence-electron chi connectivity index (χ3n) is 7.00. The van der Waals surface area contributed by atoms with Gasteiger partial charge in [0.2, 0.25) is 0 Å². The van der Waals surface area contributed by atoms with E-state index in [0.717, 1.165) is 60.6 Å². The third kappa shape index (κ3) is 4.08. The fraction of sp³-hybridized carbons (Fsp3) is 0.370. The van der Waals surface area contributed by atoms with Crippen LogP contribution in [-0.2, 0) is 4.74 Å². The molecule has 0 spiro atoms. The molecule has 0 bridgehead atoms. The van der Waals surface area contributed by atoms with Crippen LogP contribution in [-0.4, -0.2) is 52.1 Å². The van der Waals surface area contributed by atoms with Crippen molar-refractivity contribution >= 4 is 17.1 Å². The van der Waals surface area contributed by atoms with Gasteiger partial charge in [0.05, 0.1) is 7.11 Å². The fourth-order valence-electron chi connectivity index (χ4n) is 5.16. The van der Waals surface area contributed by atoms with E-state index in [-0.39, 0.29) is 18.1 Å². The van der Waals surface area contributed by atoms with Gasteiger partial charge >= 0.3 is 0 Å². The van der Waals surface area contributed by atoms with Crippen LogP contribution >= 0.6 is 0 Å². The highest BCUT2D eigenvalue weighted by Gasteiger charge is 2.32. The van der Waals surface area contributed by atoms with E-state index in [1.54, 1.807) is 13.2 Å². The number of piperidine rings is 1. The van der Waals surface area contributed by atoms with Crippen molar-refractivity contribution in [2.24, 2.45) is 0 Å². The van der Waals surface area contributed by atoms with Crippen molar-refractivity contribution in [1.82, 2.24) is 19.4 Å². The molecule has 2 aliphatic rings. The predicted molar refractivity (Wildman–Crippen MR) is 130 cm³/mol. The number of rotatable bonds is 5. The van der Waals surface area contributed by atoms with Gasteiger partial charge < -0.3 is 23.4 Å². The van der Waals surface area contributed by atoms with Crippen LogP contribution in [0, 0.1) is 0 Å². The Morgan fingerprint density at radius 1 is 1.06 bits per heavy atom. The predicted octanol–water partition coefficient (Wildman–Crippen LogP) is 5.03. The molecule has 180 valence electrons. The van der Waals surface area contributed by atoms with Gasteiger partial charge in [0, 0.05) is 37.5 Å². The molecule has 0 aliphatic carbocycles. The number of hydrogen-bond acceptors (Lipinski definition) is 6. The number of hydrogen-bond donors (Lipinski definition) is 0. The molecule has 1 aromatic carbocycles. The molecule has 0 N–H and O–H groups in total. The fourth-order valence-corrected chi connectivity index (χ4v) is 5.16. The lowest BCUT2D eigenvalue weighted by Crippen LogP contribution is -2.39. The lowest BCUT2D eigenvalue weighted by atomic mass is 10.0. The second-order valence-corrected chi connectivity index (χ2v) is 9.10. The van der Waals surface area contributed by atoms with Crippen LogP contribution in [0.25, 0.3) is 22.5 Å². The highest BCUT2D eigenvalue weighted by atomic mass is 16.5. The van der Waals surface area contributed by atoms with Crippen LogP contribution in [0.15, 0.2) is 59.1 Å². The van der Waals surface area contributed by atoms with Crippen LogP contribution in [0.5, 0.6) is 5.75 Å². The van der Waals surface area contributed by atoms with E-state index in [9.17, 15) is 4.79 Å². The molecule has 3 aromatic heterocycles. The van der Waals surface area contributed by atoms with Gasteiger partial charge in [-0.1, -0.05) is 0 Å². The van der Waals surface area contributed by atoms with Crippen LogP contribution in [0.4, 0.5) is 0 Å². The maximum Gasteiger partial charge on any atom is 0.289 e. The smallest absolute Gasteiger partial charge is 0.289 e. The van der Waals surface area contributed by atoms with Gasteiger partial charge in [0.1, 0.15) is 29.0 Å². The summed E-state index contributed by atoms with van der Waals surface area (Å²) >= 11 is 0. The number of amides is 1. The topological polar surface area (TPSA) is 82.6 Å². The number of carbonyl (C=O) groups is 1. The monoisotopic (exact) mass is 472 g/mol. The number of furan rings is 1. The summed E-state index contributed by atoms with van der Waals surface area (Å²) in [6.07, 6.45) is 5.53. The molecule has 5 heterocycles. The summed E-state index contributed by atoms with van der Waals surface area (Å²) in [4.78, 5) is 24.6. The third-order valence-corrected chi connectivity index (χ3v) is 7.00. The average molecular weight is 473 g/mol. The Kier molecular flexibility index (Phi) is 5.74. The minimum absolute atomic E-state index is 0.0170. The van der Waals surface area contributed by atoms with E-state index in [2.05, 4.69) is 9.55 Å². The normalized spacial score (nSPS) is 18.9. The zero-order chi connectivity index (χ0) is 23.8. The molecule has 35 heavy (non-hydrogen) atoms. The largest absolute Gasteiger partial charge is 0.497 e. The number of methoxy groups -OCH3 is 1. The number of benzene rings is 1. The quantitative estimate of drug-likeness (QED) is 0.405. The van der Waals surface area contributed by atoms with Gasteiger partial charge in [-0.25, -0.2) is 9.97 Å². The number of pyridine rings is 1. The molecule has 2 saturated heterocycles. The lowest BCUT2D eigenvalue weighted by Gasteiger charge is -2.33. The van der Waals surface area contributed by atoms with Crippen molar-refractivity contribution in [3.63, 3.8) is 0 Å². The molecule has 8 nitrogen and oxygen atoms in total. The van der Waals surface area contributed by atoms with Gasteiger partial charge in [-0.3, -0.25) is 4.79 Å². The Bertz CT molecular complexity index is 1330. The number of fused-ring (bicyclic) bond motifs is 1. The summed E-state index contributed by atoms with van der Waals surface area (Å²) in [5.74, 6) is 2.71. The van der Waals surface area contributed by atoms with Crippen molar-refractivity contribution in [2.45, 2.75) is 37.8 Å². The van der Waals surface area contributed by atoms with Gasteiger partial charge in [-0.2, -0.15) is 0 Å². The number of aromatic nitrogens is 3. The van der Waals surface area contributed by atoms with E-state index in [1.807, 2.05) is 53.6 Å². The van der Waals surface area contributed by atoms with Crippen LogP contribution in [0.2, 0.25) is 0 Å². The van der Waals surface area contributed by atoms with Crippen LogP contribution < -0.4 is 4.74 Å². The average Bonchev–Trinajstić information content (AvgIpc) is 3.68. The number of carbonyl (C=O) groups excluding carboxylic acids is 1. The summed E-state index contributed by atoms with van der Waals surface area (Å²) in [5, 5.41) is 0. The Morgan fingerprint density at radius 2 is 1.89 bits per heavy atom. The maximum absolute atomic E-state index is 13.2. The molecular weight excluding hydrogens is 444 g/mol. The number of likely N-dealkylation sites (tertiary alicyclic amines) is 1. The Morgan fingerprint density at radius 3 is 2.63 bits per heavy atom. The SMILES string of the molecule is COc1ccc(-c2ccc(C(=O)N3CCC(n4c(C5CCCO5)nc5cccnc54)CC3)o2)cc1. The van der Waals surface area contributed by atoms with Crippen molar-refractivity contribution in [1.29, 1.82) is 0 Å². The molecular formula is C27H28N4O4. The summed E-state index contributed by atoms with van der Waals surface area (Å²) in [6, 6.07) is 15.4. The Balaban J connectivity index is 1.18. The number of ether oxygens (including phenoxy) is 2. The summed E-state index contributed by atoms with van der Waals surface area (Å²) < 4.78 is 19.4. The first-order valence-electron chi connectivity index (χ1n) is 12.2. The second-order valence-electron chi connectivity index (χ2n) is 9.10. The number of imidazole rings is 1. The Hall–Kier alpha value is -3.65. The molecule has 0 saturated carbocycles. The highest BCUT2D eigenvalue weighted by Crippen LogP contribution is 2.35. The minimum Gasteiger partial charge on any atom is -0.497 e. The summed E-state index contributed by atoms with van der Waals surface area (Å²) in [6.45, 7) is 2.08. The first-order valence-corrected chi connectivity index (χ1v) is 12.2. The molecule has 0 radical (unpaired) electrons. The molecule has 2 aliphatic heterocycles. The minimum atomic E-state index is -0.0730. The molecule has 8 heteroatoms. The molecule has 2 fully saturated rings. The number of nitrogens with zero attached hydrogens (tertiary/aromatic N) is 4. The zero-order valence-corrected chi connectivity index (χ0v) is 19.7. The van der Waals surface area contributed by atoms with Gasteiger partial charge in [-0.05, 0) is 74.2 Å². The molecule has 4 aromatic rings. The van der Waals surface area contributed by atoms with Crippen molar-refractivity contribution in [3.05, 3.63) is 66.3 Å². The lowest BCUT2D eigenvalue weighted by molar-refractivity contribution is 0.0652. The first kappa shape index (κ1) is 21.9. The van der Waals surface area contributed by atoms with Crippen molar-refractivity contribution < 1.29 is 18.7 Å².